The summed E-state index contributed by atoms with van der Waals surface area (Å²) in [5, 5.41) is 30.5. The van der Waals surface area contributed by atoms with Gasteiger partial charge >= 0.3 is 5.97 Å². The number of anilines is 1. The molecule has 5 N–H and O–H groups in total. The molecule has 0 aliphatic carbocycles. The van der Waals surface area contributed by atoms with Crippen LogP contribution in [-0.2, 0) is 21.3 Å². The average Bonchev–Trinajstić information content (AvgIpc) is 2.47. The summed E-state index contributed by atoms with van der Waals surface area (Å²) >= 11 is 0. The van der Waals surface area contributed by atoms with Gasteiger partial charge < -0.3 is 20.6 Å². The summed E-state index contributed by atoms with van der Waals surface area (Å²) in [4.78, 5) is 21.9. The third kappa shape index (κ3) is 4.46. The Morgan fingerprint density at radius 1 is 1.08 bits per heavy atom. The first kappa shape index (κ1) is 18.2. The van der Waals surface area contributed by atoms with Crippen molar-refractivity contribution in [3.63, 3.8) is 0 Å². The van der Waals surface area contributed by atoms with E-state index in [2.05, 4.69) is 5.32 Å². The van der Waals surface area contributed by atoms with Gasteiger partial charge in [-0.2, -0.15) is 8.42 Å². The molecular weight excluding hydrogens is 354 g/mol. The van der Waals surface area contributed by atoms with E-state index in [0.29, 0.717) is 11.6 Å². The molecule has 0 bridgehead atoms. The van der Waals surface area contributed by atoms with Crippen LogP contribution in [0.15, 0.2) is 41.3 Å². The Morgan fingerprint density at radius 2 is 1.76 bits per heavy atom. The number of phenols is 2. The molecule has 0 fully saturated rings. The normalized spacial score (nSPS) is 11.1. The van der Waals surface area contributed by atoms with Crippen molar-refractivity contribution >= 4 is 27.7 Å². The van der Waals surface area contributed by atoms with Crippen molar-refractivity contribution in [1.29, 1.82) is 0 Å². The lowest BCUT2D eigenvalue weighted by Gasteiger charge is -2.10. The van der Waals surface area contributed by atoms with E-state index in [9.17, 15) is 28.2 Å². The second-order valence-electron chi connectivity index (χ2n) is 5.04. The molecule has 1 amide bonds. The molecule has 132 valence electrons. The first-order chi connectivity index (χ1) is 11.6. The molecule has 0 aliphatic heterocycles. The fourth-order valence-corrected chi connectivity index (χ4v) is 2.72. The van der Waals surface area contributed by atoms with Crippen molar-refractivity contribution in [2.45, 2.75) is 11.3 Å². The zero-order chi connectivity index (χ0) is 18.8. The van der Waals surface area contributed by atoms with Gasteiger partial charge in [-0.05, 0) is 23.8 Å². The highest BCUT2D eigenvalue weighted by Crippen LogP contribution is 2.31. The lowest BCUT2D eigenvalue weighted by molar-refractivity contribution is -0.136. The fourth-order valence-electron chi connectivity index (χ4n) is 2.10. The third-order valence-electron chi connectivity index (χ3n) is 3.12. The van der Waals surface area contributed by atoms with Crippen molar-refractivity contribution < 1.29 is 37.9 Å². The van der Waals surface area contributed by atoms with Crippen molar-refractivity contribution in [2.24, 2.45) is 0 Å². The van der Waals surface area contributed by atoms with Crippen LogP contribution in [0.4, 0.5) is 5.69 Å². The van der Waals surface area contributed by atoms with Crippen molar-refractivity contribution in [2.75, 3.05) is 5.32 Å². The summed E-state index contributed by atoms with van der Waals surface area (Å²) in [5.74, 6) is -3.72. The summed E-state index contributed by atoms with van der Waals surface area (Å²) in [6, 6.07) is 7.28. The maximum absolute atomic E-state index is 12.2. The minimum atomic E-state index is -4.86. The zero-order valence-electron chi connectivity index (χ0n) is 12.5. The second kappa shape index (κ2) is 6.79. The highest BCUT2D eigenvalue weighted by atomic mass is 32.2. The molecule has 2 aromatic carbocycles. The van der Waals surface area contributed by atoms with Crippen LogP contribution >= 0.6 is 0 Å². The number of nitrogens with one attached hydrogen (secondary N) is 1. The first-order valence-corrected chi connectivity index (χ1v) is 8.17. The van der Waals surface area contributed by atoms with E-state index >= 15 is 0 Å². The van der Waals surface area contributed by atoms with Gasteiger partial charge in [0, 0.05) is 11.8 Å². The number of carbonyl (C=O) groups is 2. The van der Waals surface area contributed by atoms with Gasteiger partial charge in [-0.3, -0.25) is 14.1 Å². The molecule has 0 spiro atoms. The molecule has 0 saturated carbocycles. The molecule has 10 heteroatoms. The number of rotatable bonds is 5. The molecule has 2 rings (SSSR count). The molecule has 0 atom stereocenters. The van der Waals surface area contributed by atoms with Crippen LogP contribution in [0.2, 0.25) is 0 Å². The number of phenolic OH excluding ortho intramolecular Hbond substituents is 2. The molecule has 2 aromatic rings. The van der Waals surface area contributed by atoms with E-state index in [1.165, 1.54) is 24.3 Å². The molecule has 9 nitrogen and oxygen atoms in total. The average molecular weight is 367 g/mol. The minimum absolute atomic E-state index is 0.194. The summed E-state index contributed by atoms with van der Waals surface area (Å²) in [6.07, 6.45) is -0.270. The largest absolute Gasteiger partial charge is 0.508 e. The van der Waals surface area contributed by atoms with E-state index in [0.717, 1.165) is 6.07 Å². The van der Waals surface area contributed by atoms with E-state index in [4.69, 9.17) is 9.66 Å². The summed E-state index contributed by atoms with van der Waals surface area (Å²) in [7, 11) is -4.86. The van der Waals surface area contributed by atoms with Crippen LogP contribution in [0.3, 0.4) is 0 Å². The Kier molecular flexibility index (Phi) is 4.95. The SMILES string of the molecule is O=C(O)Cc1cccc(NC(=O)c2cc(O)cc(S(=O)(=O)O)c2O)c1. The monoisotopic (exact) mass is 367 g/mol. The number of hydrogen-bond donors (Lipinski definition) is 5. The number of aliphatic carboxylic acids is 1. The van der Waals surface area contributed by atoms with Gasteiger partial charge in [0.25, 0.3) is 16.0 Å². The number of carboxylic acid groups (broad SMARTS) is 1. The molecular formula is C15H13NO8S. The molecule has 0 aliphatic rings. The maximum Gasteiger partial charge on any atom is 0.307 e. The van der Waals surface area contributed by atoms with Crippen molar-refractivity contribution in [3.05, 3.63) is 47.5 Å². The quantitative estimate of drug-likeness (QED) is 0.389. The molecule has 25 heavy (non-hydrogen) atoms. The summed E-state index contributed by atoms with van der Waals surface area (Å²) < 4.78 is 31.4. The smallest absolute Gasteiger partial charge is 0.307 e. The number of carbonyl (C=O) groups excluding carboxylic acids is 1. The van der Waals surface area contributed by atoms with Gasteiger partial charge in [0.1, 0.15) is 16.4 Å². The Labute approximate surface area is 141 Å². The molecule has 0 unspecified atom stereocenters. The van der Waals surface area contributed by atoms with Crippen molar-refractivity contribution in [1.82, 2.24) is 0 Å². The van der Waals surface area contributed by atoms with Gasteiger partial charge in [0.05, 0.1) is 12.0 Å². The predicted octanol–water partition coefficient (Wildman–Crippen LogP) is 1.22. The standard InChI is InChI=1S/C15H13NO8S/c17-10-6-11(14(20)12(7-10)25(22,23)24)15(21)16-9-3-1-2-8(4-9)5-13(18)19/h1-4,6-7,17,20H,5H2,(H,16,21)(H,18,19)(H,22,23,24). The van der Waals surface area contributed by atoms with Crippen LogP contribution < -0.4 is 5.32 Å². The lowest BCUT2D eigenvalue weighted by Crippen LogP contribution is -2.14. The van der Waals surface area contributed by atoms with Crippen molar-refractivity contribution in [3.8, 4) is 11.5 Å². The molecule has 0 aromatic heterocycles. The lowest BCUT2D eigenvalue weighted by atomic mass is 10.1. The van der Waals surface area contributed by atoms with E-state index < -0.39 is 44.0 Å². The highest BCUT2D eigenvalue weighted by Gasteiger charge is 2.23. The van der Waals surface area contributed by atoms with Gasteiger partial charge in [-0.15, -0.1) is 0 Å². The van der Waals surface area contributed by atoms with Gasteiger partial charge in [-0.25, -0.2) is 0 Å². The molecule has 0 heterocycles. The van der Waals surface area contributed by atoms with E-state index in [1.54, 1.807) is 0 Å². The van der Waals surface area contributed by atoms with Gasteiger partial charge in [-0.1, -0.05) is 12.1 Å². The summed E-state index contributed by atoms with van der Waals surface area (Å²) in [6.45, 7) is 0. The van der Waals surface area contributed by atoms with E-state index in [1.807, 2.05) is 0 Å². The van der Waals surface area contributed by atoms with E-state index in [-0.39, 0.29) is 12.1 Å². The van der Waals surface area contributed by atoms with Crippen LogP contribution in [0.5, 0.6) is 11.5 Å². The molecule has 0 saturated heterocycles. The number of hydrogen-bond acceptors (Lipinski definition) is 6. The Balaban J connectivity index is 2.36. The number of benzene rings is 2. The maximum atomic E-state index is 12.2. The number of carboxylic acids is 1. The number of aromatic hydroxyl groups is 2. The first-order valence-electron chi connectivity index (χ1n) is 6.73. The Morgan fingerprint density at radius 3 is 2.36 bits per heavy atom. The minimum Gasteiger partial charge on any atom is -0.508 e. The fraction of sp³-hybridized carbons (Fsp3) is 0.0667. The second-order valence-corrected chi connectivity index (χ2v) is 6.43. The Bertz CT molecular complexity index is 952. The zero-order valence-corrected chi connectivity index (χ0v) is 13.3. The topological polar surface area (TPSA) is 161 Å². The molecule has 0 radical (unpaired) electrons. The third-order valence-corrected chi connectivity index (χ3v) is 3.99. The van der Waals surface area contributed by atoms with Crippen LogP contribution in [0, 0.1) is 0 Å². The highest BCUT2D eigenvalue weighted by molar-refractivity contribution is 7.86. The Hall–Kier alpha value is -3.11. The van der Waals surface area contributed by atoms with Crippen LogP contribution in [0.1, 0.15) is 15.9 Å². The summed E-state index contributed by atoms with van der Waals surface area (Å²) in [5.41, 5.74) is 0.0141. The van der Waals surface area contributed by atoms with Crippen LogP contribution in [0.25, 0.3) is 0 Å². The predicted molar refractivity (Wildman–Crippen MR) is 85.3 cm³/mol. The number of amides is 1. The van der Waals surface area contributed by atoms with Gasteiger partial charge in [0.15, 0.2) is 0 Å². The van der Waals surface area contributed by atoms with Crippen LogP contribution in [-0.4, -0.2) is 40.2 Å². The van der Waals surface area contributed by atoms with Gasteiger partial charge in [0.2, 0.25) is 0 Å².